The number of fused-ring (bicyclic) bond motifs is 1. The molecule has 0 spiro atoms. The lowest BCUT2D eigenvalue weighted by Gasteiger charge is -2.28. The van der Waals surface area contributed by atoms with E-state index in [1.807, 2.05) is 6.07 Å². The summed E-state index contributed by atoms with van der Waals surface area (Å²) in [4.78, 5) is 14.6. The smallest absolute Gasteiger partial charge is 0.256 e. The van der Waals surface area contributed by atoms with E-state index < -0.39 is 5.91 Å². The van der Waals surface area contributed by atoms with Gasteiger partial charge in [0.25, 0.3) is 5.91 Å². The Morgan fingerprint density at radius 1 is 1.16 bits per heavy atom. The van der Waals surface area contributed by atoms with E-state index in [0.717, 1.165) is 19.5 Å². The Morgan fingerprint density at radius 2 is 1.88 bits per heavy atom. The van der Waals surface area contributed by atoms with Gasteiger partial charge in [-0.3, -0.25) is 9.69 Å². The molecule has 1 aliphatic heterocycles. The highest BCUT2D eigenvalue weighted by Gasteiger charge is 2.21. The van der Waals surface area contributed by atoms with E-state index in [4.69, 9.17) is 34.8 Å². The number of nitrogens with one attached hydrogen (secondary N) is 1. The Bertz CT molecular complexity index is 785. The van der Waals surface area contributed by atoms with Crippen LogP contribution >= 0.6 is 34.8 Å². The molecular weight excluding hydrogens is 383 g/mol. The number of aromatic hydroxyl groups is 1. The van der Waals surface area contributed by atoms with Crippen LogP contribution in [0.2, 0.25) is 15.1 Å². The third-order valence-electron chi connectivity index (χ3n) is 4.30. The fourth-order valence-corrected chi connectivity index (χ4v) is 3.65. The van der Waals surface area contributed by atoms with Crippen LogP contribution in [0.25, 0.3) is 0 Å². The summed E-state index contributed by atoms with van der Waals surface area (Å²) in [5.41, 5.74) is 2.61. The van der Waals surface area contributed by atoms with Crippen molar-refractivity contribution in [3.05, 3.63) is 62.1 Å². The molecule has 0 fully saturated rings. The molecule has 0 unspecified atom stereocenters. The Hall–Kier alpha value is -1.46. The highest BCUT2D eigenvalue weighted by molar-refractivity contribution is 6.45. The van der Waals surface area contributed by atoms with Gasteiger partial charge in [-0.1, -0.05) is 59.1 Å². The van der Waals surface area contributed by atoms with Crippen molar-refractivity contribution in [3.63, 3.8) is 0 Å². The van der Waals surface area contributed by atoms with Gasteiger partial charge in [0.2, 0.25) is 0 Å². The molecule has 0 saturated heterocycles. The number of halogens is 3. The maximum atomic E-state index is 12.3. The summed E-state index contributed by atoms with van der Waals surface area (Å²) in [5, 5.41) is 12.9. The molecule has 132 valence electrons. The van der Waals surface area contributed by atoms with Crippen LogP contribution in [0.1, 0.15) is 21.5 Å². The highest BCUT2D eigenvalue weighted by atomic mass is 35.5. The zero-order valence-electron chi connectivity index (χ0n) is 13.4. The first kappa shape index (κ1) is 18.3. The van der Waals surface area contributed by atoms with Gasteiger partial charge in [-0.25, -0.2) is 0 Å². The number of amides is 1. The molecule has 2 N–H and O–H groups in total. The average molecular weight is 400 g/mol. The quantitative estimate of drug-likeness (QED) is 0.760. The van der Waals surface area contributed by atoms with Gasteiger partial charge in [0.05, 0.1) is 15.1 Å². The van der Waals surface area contributed by atoms with Crippen molar-refractivity contribution in [1.82, 2.24) is 10.2 Å². The molecule has 2 aromatic carbocycles. The summed E-state index contributed by atoms with van der Waals surface area (Å²) in [6, 6.07) is 9.69. The minimum Gasteiger partial charge on any atom is -0.505 e. The second kappa shape index (κ2) is 7.83. The lowest BCUT2D eigenvalue weighted by atomic mass is 10.00. The van der Waals surface area contributed by atoms with Gasteiger partial charge in [0.1, 0.15) is 11.3 Å². The predicted octanol–water partition coefficient (Wildman–Crippen LogP) is 4.14. The first-order valence-corrected chi connectivity index (χ1v) is 9.04. The van der Waals surface area contributed by atoms with Gasteiger partial charge in [0.15, 0.2) is 0 Å². The van der Waals surface area contributed by atoms with Gasteiger partial charge < -0.3 is 10.4 Å². The van der Waals surface area contributed by atoms with Gasteiger partial charge in [-0.15, -0.1) is 0 Å². The fourth-order valence-electron chi connectivity index (χ4n) is 2.95. The maximum absolute atomic E-state index is 12.3. The molecule has 2 aromatic rings. The summed E-state index contributed by atoms with van der Waals surface area (Å²) in [6.45, 7) is 2.94. The van der Waals surface area contributed by atoms with Crippen LogP contribution in [0.5, 0.6) is 5.75 Å². The van der Waals surface area contributed by atoms with Crippen LogP contribution in [-0.4, -0.2) is 35.5 Å². The van der Waals surface area contributed by atoms with Crippen molar-refractivity contribution in [1.29, 1.82) is 0 Å². The molecule has 0 bridgehead atoms. The van der Waals surface area contributed by atoms with Gasteiger partial charge in [-0.2, -0.15) is 0 Å². The third-order valence-corrected chi connectivity index (χ3v) is 5.37. The Morgan fingerprint density at radius 3 is 2.64 bits per heavy atom. The van der Waals surface area contributed by atoms with Crippen LogP contribution in [-0.2, 0) is 13.0 Å². The molecule has 1 amide bonds. The molecule has 1 aliphatic rings. The van der Waals surface area contributed by atoms with Crippen molar-refractivity contribution >= 4 is 40.7 Å². The summed E-state index contributed by atoms with van der Waals surface area (Å²) >= 11 is 17.8. The SMILES string of the molecule is O=C(NCCN1CCc2ccccc2C1)c1c(O)c(Cl)cc(Cl)c1Cl. The van der Waals surface area contributed by atoms with Gasteiger partial charge in [0, 0.05) is 26.2 Å². The van der Waals surface area contributed by atoms with E-state index in [0.29, 0.717) is 13.1 Å². The zero-order chi connectivity index (χ0) is 18.0. The number of phenols is 1. The number of hydrogen-bond acceptors (Lipinski definition) is 3. The largest absolute Gasteiger partial charge is 0.505 e. The summed E-state index contributed by atoms with van der Waals surface area (Å²) < 4.78 is 0. The van der Waals surface area contributed by atoms with E-state index >= 15 is 0 Å². The van der Waals surface area contributed by atoms with Crippen LogP contribution in [0.4, 0.5) is 0 Å². The van der Waals surface area contributed by atoms with Crippen molar-refractivity contribution < 1.29 is 9.90 Å². The summed E-state index contributed by atoms with van der Waals surface area (Å²) in [7, 11) is 0. The summed E-state index contributed by atoms with van der Waals surface area (Å²) in [5.74, 6) is -0.857. The van der Waals surface area contributed by atoms with Crippen molar-refractivity contribution in [2.75, 3.05) is 19.6 Å². The van der Waals surface area contributed by atoms with Gasteiger partial charge >= 0.3 is 0 Å². The molecular formula is C18H17Cl3N2O2. The fraction of sp³-hybridized carbons (Fsp3) is 0.278. The Balaban J connectivity index is 1.59. The maximum Gasteiger partial charge on any atom is 0.256 e. The highest BCUT2D eigenvalue weighted by Crippen LogP contribution is 2.38. The predicted molar refractivity (Wildman–Crippen MR) is 101 cm³/mol. The number of carbonyl (C=O) groups excluding carboxylic acids is 1. The van der Waals surface area contributed by atoms with Crippen molar-refractivity contribution in [3.8, 4) is 5.75 Å². The normalized spacial score (nSPS) is 14.2. The number of rotatable bonds is 4. The molecule has 0 saturated carbocycles. The molecule has 25 heavy (non-hydrogen) atoms. The van der Waals surface area contributed by atoms with Crippen molar-refractivity contribution in [2.45, 2.75) is 13.0 Å². The van der Waals surface area contributed by atoms with Crippen LogP contribution in [0.3, 0.4) is 0 Å². The first-order chi connectivity index (χ1) is 12.0. The van der Waals surface area contributed by atoms with Gasteiger partial charge in [-0.05, 0) is 23.6 Å². The zero-order valence-corrected chi connectivity index (χ0v) is 15.6. The van der Waals surface area contributed by atoms with Crippen LogP contribution in [0.15, 0.2) is 30.3 Å². The van der Waals surface area contributed by atoms with E-state index in [1.54, 1.807) is 0 Å². The number of hydrogen-bond donors (Lipinski definition) is 2. The number of carbonyl (C=O) groups is 1. The van der Waals surface area contributed by atoms with E-state index in [2.05, 4.69) is 28.4 Å². The van der Waals surface area contributed by atoms with Crippen LogP contribution < -0.4 is 5.32 Å². The number of phenolic OH excluding ortho intramolecular Hbond substituents is 1. The van der Waals surface area contributed by atoms with E-state index in [1.165, 1.54) is 17.2 Å². The number of nitrogens with zero attached hydrogens (tertiary/aromatic N) is 1. The first-order valence-electron chi connectivity index (χ1n) is 7.91. The van der Waals surface area contributed by atoms with Crippen LogP contribution in [0, 0.1) is 0 Å². The average Bonchev–Trinajstić information content (AvgIpc) is 2.60. The number of benzene rings is 2. The Kier molecular flexibility index (Phi) is 5.74. The molecule has 4 nitrogen and oxygen atoms in total. The Labute approximate surface area is 161 Å². The lowest BCUT2D eigenvalue weighted by Crippen LogP contribution is -2.37. The molecule has 1 heterocycles. The molecule has 3 rings (SSSR count). The van der Waals surface area contributed by atoms with E-state index in [-0.39, 0.29) is 26.4 Å². The molecule has 0 atom stereocenters. The second-order valence-corrected chi connectivity index (χ2v) is 7.12. The molecule has 0 aromatic heterocycles. The van der Waals surface area contributed by atoms with Crippen molar-refractivity contribution in [2.24, 2.45) is 0 Å². The third kappa shape index (κ3) is 4.04. The summed E-state index contributed by atoms with van der Waals surface area (Å²) in [6.07, 6.45) is 1.00. The minimum atomic E-state index is -0.496. The minimum absolute atomic E-state index is 0.00651. The molecule has 0 radical (unpaired) electrons. The standard InChI is InChI=1S/C18H17Cl3N2O2/c19-13-9-14(20)17(24)15(16(13)21)18(25)22-6-8-23-7-5-11-3-1-2-4-12(11)10-23/h1-4,9,24H,5-8,10H2,(H,22,25). The second-order valence-electron chi connectivity index (χ2n) is 5.93. The monoisotopic (exact) mass is 398 g/mol. The molecule has 0 aliphatic carbocycles. The topological polar surface area (TPSA) is 52.6 Å². The molecule has 7 heteroatoms. The lowest BCUT2D eigenvalue weighted by molar-refractivity contribution is 0.0945. The van der Waals surface area contributed by atoms with E-state index in [9.17, 15) is 9.90 Å².